The van der Waals surface area contributed by atoms with E-state index in [1.807, 2.05) is 12.3 Å². The molecule has 2 atom stereocenters. The predicted molar refractivity (Wildman–Crippen MR) is 61.7 cm³/mol. The summed E-state index contributed by atoms with van der Waals surface area (Å²) in [5.41, 5.74) is 2.68. The molecule has 15 heavy (non-hydrogen) atoms. The standard InChI is InChI=1S/C12H13ClN2/c13-12-2-1-9(7-15-12)11-6-10-5-8(11)3-4-14-10/h1-2,6-8,10,14H,3-5H2. The monoisotopic (exact) mass is 220 g/mol. The first-order valence-corrected chi connectivity index (χ1v) is 5.78. The van der Waals surface area contributed by atoms with Crippen LogP contribution in [0.5, 0.6) is 0 Å². The minimum absolute atomic E-state index is 0.568. The van der Waals surface area contributed by atoms with Crippen molar-refractivity contribution in [1.29, 1.82) is 0 Å². The smallest absolute Gasteiger partial charge is 0.129 e. The van der Waals surface area contributed by atoms with E-state index in [2.05, 4.69) is 22.4 Å². The molecule has 2 nitrogen and oxygen atoms in total. The first-order chi connectivity index (χ1) is 7.33. The van der Waals surface area contributed by atoms with E-state index >= 15 is 0 Å². The van der Waals surface area contributed by atoms with Crippen LogP contribution in [0.2, 0.25) is 5.15 Å². The van der Waals surface area contributed by atoms with E-state index in [0.29, 0.717) is 11.2 Å². The fourth-order valence-electron chi connectivity index (χ4n) is 2.59. The Morgan fingerprint density at radius 3 is 3.07 bits per heavy atom. The quantitative estimate of drug-likeness (QED) is 0.736. The minimum Gasteiger partial charge on any atom is -0.310 e. The van der Waals surface area contributed by atoms with Gasteiger partial charge >= 0.3 is 0 Å². The maximum atomic E-state index is 5.79. The molecule has 2 heterocycles. The van der Waals surface area contributed by atoms with E-state index in [-0.39, 0.29) is 0 Å². The zero-order valence-corrected chi connectivity index (χ0v) is 9.17. The number of piperidine rings is 1. The third-order valence-corrected chi connectivity index (χ3v) is 3.54. The molecule has 1 aromatic heterocycles. The largest absolute Gasteiger partial charge is 0.310 e. The lowest BCUT2D eigenvalue weighted by molar-refractivity contribution is 0.419. The third-order valence-electron chi connectivity index (χ3n) is 3.32. The lowest BCUT2D eigenvalue weighted by Crippen LogP contribution is -2.32. The molecule has 0 aromatic carbocycles. The van der Waals surface area contributed by atoms with Gasteiger partial charge in [0.2, 0.25) is 0 Å². The Hall–Kier alpha value is -0.860. The lowest BCUT2D eigenvalue weighted by atomic mass is 9.91. The lowest BCUT2D eigenvalue weighted by Gasteiger charge is -2.21. The molecule has 1 fully saturated rings. The molecule has 0 radical (unpaired) electrons. The van der Waals surface area contributed by atoms with Gasteiger partial charge < -0.3 is 5.32 Å². The van der Waals surface area contributed by atoms with E-state index in [4.69, 9.17) is 11.6 Å². The van der Waals surface area contributed by atoms with Crippen molar-refractivity contribution in [3.63, 3.8) is 0 Å². The van der Waals surface area contributed by atoms with Gasteiger partial charge in [-0.05, 0) is 42.5 Å². The summed E-state index contributed by atoms with van der Waals surface area (Å²) in [6.45, 7) is 1.14. The van der Waals surface area contributed by atoms with Crippen molar-refractivity contribution in [2.75, 3.05) is 6.54 Å². The van der Waals surface area contributed by atoms with Crippen LogP contribution < -0.4 is 5.32 Å². The molecular formula is C12H13ClN2. The fraction of sp³-hybridized carbons (Fsp3) is 0.417. The average Bonchev–Trinajstić information content (AvgIpc) is 2.55. The van der Waals surface area contributed by atoms with Crippen LogP contribution in [0, 0.1) is 5.92 Å². The van der Waals surface area contributed by atoms with Gasteiger partial charge in [-0.25, -0.2) is 4.98 Å². The van der Waals surface area contributed by atoms with Crippen LogP contribution in [0.25, 0.3) is 5.57 Å². The number of fused-ring (bicyclic) bond motifs is 2. The summed E-state index contributed by atoms with van der Waals surface area (Å²) >= 11 is 5.79. The molecule has 1 aromatic rings. The average molecular weight is 221 g/mol. The summed E-state index contributed by atoms with van der Waals surface area (Å²) < 4.78 is 0. The van der Waals surface area contributed by atoms with Crippen molar-refractivity contribution in [2.45, 2.75) is 18.9 Å². The van der Waals surface area contributed by atoms with Crippen molar-refractivity contribution in [1.82, 2.24) is 10.3 Å². The molecular weight excluding hydrogens is 208 g/mol. The molecule has 1 saturated heterocycles. The Bertz CT molecular complexity index is 397. The molecule has 0 spiro atoms. The van der Waals surface area contributed by atoms with Crippen molar-refractivity contribution in [2.24, 2.45) is 5.92 Å². The molecule has 0 saturated carbocycles. The summed E-state index contributed by atoms with van der Waals surface area (Å²) in [5.74, 6) is 0.722. The Morgan fingerprint density at radius 2 is 2.33 bits per heavy atom. The summed E-state index contributed by atoms with van der Waals surface area (Å²) in [5, 5.41) is 4.07. The van der Waals surface area contributed by atoms with Crippen LogP contribution in [0.3, 0.4) is 0 Å². The number of allylic oxidation sites excluding steroid dienone is 1. The highest BCUT2D eigenvalue weighted by atomic mass is 35.5. The minimum atomic E-state index is 0.568. The van der Waals surface area contributed by atoms with Crippen LogP contribution in [0.4, 0.5) is 0 Å². The predicted octanol–water partition coefficient (Wildman–Crippen LogP) is 2.50. The molecule has 78 valence electrons. The second kappa shape index (κ2) is 3.62. The number of nitrogens with zero attached hydrogens (tertiary/aromatic N) is 1. The van der Waals surface area contributed by atoms with Crippen molar-refractivity contribution in [3.8, 4) is 0 Å². The van der Waals surface area contributed by atoms with E-state index in [1.54, 1.807) is 0 Å². The topological polar surface area (TPSA) is 24.9 Å². The van der Waals surface area contributed by atoms with Gasteiger partial charge in [0.1, 0.15) is 5.15 Å². The van der Waals surface area contributed by atoms with Gasteiger partial charge in [0.15, 0.2) is 0 Å². The molecule has 2 aliphatic rings. The maximum absolute atomic E-state index is 5.79. The Morgan fingerprint density at radius 1 is 1.40 bits per heavy atom. The van der Waals surface area contributed by atoms with Crippen LogP contribution in [0.15, 0.2) is 24.4 Å². The fourth-order valence-corrected chi connectivity index (χ4v) is 2.70. The third kappa shape index (κ3) is 1.68. The van der Waals surface area contributed by atoms with Crippen LogP contribution in [0.1, 0.15) is 18.4 Å². The van der Waals surface area contributed by atoms with E-state index in [0.717, 1.165) is 12.5 Å². The molecule has 2 bridgehead atoms. The number of pyridine rings is 1. The number of rotatable bonds is 1. The second-order valence-electron chi connectivity index (χ2n) is 4.27. The summed E-state index contributed by atoms with van der Waals surface area (Å²) in [4.78, 5) is 4.14. The molecule has 2 unspecified atom stereocenters. The molecule has 1 aliphatic heterocycles. The van der Waals surface area contributed by atoms with Gasteiger partial charge in [-0.15, -0.1) is 0 Å². The van der Waals surface area contributed by atoms with Gasteiger partial charge in [0.25, 0.3) is 0 Å². The zero-order chi connectivity index (χ0) is 10.3. The molecule has 1 N–H and O–H groups in total. The Kier molecular flexibility index (Phi) is 2.26. The first kappa shape index (κ1) is 9.37. The van der Waals surface area contributed by atoms with E-state index in [9.17, 15) is 0 Å². The van der Waals surface area contributed by atoms with E-state index < -0.39 is 0 Å². The van der Waals surface area contributed by atoms with Crippen molar-refractivity contribution >= 4 is 17.2 Å². The summed E-state index contributed by atoms with van der Waals surface area (Å²) in [6, 6.07) is 4.52. The van der Waals surface area contributed by atoms with Gasteiger partial charge in [-0.2, -0.15) is 0 Å². The van der Waals surface area contributed by atoms with Gasteiger partial charge in [-0.1, -0.05) is 23.7 Å². The second-order valence-corrected chi connectivity index (χ2v) is 4.66. The van der Waals surface area contributed by atoms with Crippen LogP contribution >= 0.6 is 11.6 Å². The first-order valence-electron chi connectivity index (χ1n) is 5.40. The highest BCUT2D eigenvalue weighted by Crippen LogP contribution is 2.38. The van der Waals surface area contributed by atoms with Crippen LogP contribution in [-0.2, 0) is 0 Å². The Balaban J connectivity index is 1.94. The molecule has 1 aliphatic carbocycles. The number of hydrogen-bond acceptors (Lipinski definition) is 2. The highest BCUT2D eigenvalue weighted by molar-refractivity contribution is 6.29. The summed E-state index contributed by atoms with van der Waals surface area (Å²) in [6.07, 6.45) is 6.72. The highest BCUT2D eigenvalue weighted by Gasteiger charge is 2.30. The zero-order valence-electron chi connectivity index (χ0n) is 8.41. The number of nitrogens with one attached hydrogen (secondary N) is 1. The van der Waals surface area contributed by atoms with Crippen molar-refractivity contribution in [3.05, 3.63) is 35.1 Å². The SMILES string of the molecule is Clc1ccc(C2=CC3CC2CCN3)cn1. The van der Waals surface area contributed by atoms with Gasteiger partial charge in [-0.3, -0.25) is 0 Å². The number of halogens is 1. The molecule has 0 amide bonds. The maximum Gasteiger partial charge on any atom is 0.129 e. The Labute approximate surface area is 94.4 Å². The number of hydrogen-bond donors (Lipinski definition) is 1. The number of aromatic nitrogens is 1. The van der Waals surface area contributed by atoms with Crippen LogP contribution in [-0.4, -0.2) is 17.6 Å². The molecule has 3 heteroatoms. The van der Waals surface area contributed by atoms with Gasteiger partial charge in [0.05, 0.1) is 0 Å². The normalized spacial score (nSPS) is 29.0. The molecule has 3 rings (SSSR count). The van der Waals surface area contributed by atoms with Gasteiger partial charge in [0, 0.05) is 12.2 Å². The summed E-state index contributed by atoms with van der Waals surface area (Å²) in [7, 11) is 0. The van der Waals surface area contributed by atoms with E-state index in [1.165, 1.54) is 24.0 Å². The van der Waals surface area contributed by atoms with Crippen molar-refractivity contribution < 1.29 is 0 Å².